The van der Waals surface area contributed by atoms with Gasteiger partial charge in [0.05, 0.1) is 6.07 Å². The lowest BCUT2D eigenvalue weighted by molar-refractivity contribution is -0.124. The Labute approximate surface area is 94.7 Å². The van der Waals surface area contributed by atoms with Gasteiger partial charge in [0, 0.05) is 6.42 Å². The van der Waals surface area contributed by atoms with E-state index in [0.29, 0.717) is 12.8 Å². The highest BCUT2D eigenvalue weighted by Crippen LogP contribution is 2.18. The molecule has 1 aromatic carbocycles. The maximum Gasteiger partial charge on any atom is 0.152 e. The Hall–Kier alpha value is -1.69. The van der Waals surface area contributed by atoms with Crippen molar-refractivity contribution in [2.75, 3.05) is 0 Å². The van der Waals surface area contributed by atoms with E-state index in [2.05, 4.69) is 0 Å². The van der Waals surface area contributed by atoms with Crippen LogP contribution < -0.4 is 0 Å². The average Bonchev–Trinajstić information content (AvgIpc) is 2.28. The Morgan fingerprint density at radius 1 is 1.38 bits per heavy atom. The molecule has 0 aliphatic heterocycles. The fraction of sp³-hybridized carbons (Fsp3) is 0.385. The monoisotopic (exact) mass is 219 g/mol. The molecule has 0 bridgehead atoms. The molecule has 0 amide bonds. The smallest absolute Gasteiger partial charge is 0.152 e. The van der Waals surface area contributed by atoms with Crippen LogP contribution in [0, 0.1) is 22.6 Å². The van der Waals surface area contributed by atoms with Crippen molar-refractivity contribution in [3.8, 4) is 6.07 Å². The Kier molecular flexibility index (Phi) is 3.78. The molecule has 0 heterocycles. The molecule has 0 atom stereocenters. The predicted molar refractivity (Wildman–Crippen MR) is 59.1 cm³/mol. The van der Waals surface area contributed by atoms with Gasteiger partial charge in [0.2, 0.25) is 0 Å². The summed E-state index contributed by atoms with van der Waals surface area (Å²) in [6.07, 6.45) is 0.858. The summed E-state index contributed by atoms with van der Waals surface area (Å²) in [5.41, 5.74) is -0.0245. The number of carbonyl (C=O) groups is 1. The van der Waals surface area contributed by atoms with E-state index in [-0.39, 0.29) is 11.6 Å². The van der Waals surface area contributed by atoms with Gasteiger partial charge < -0.3 is 0 Å². The molecular formula is C13H14FNO. The minimum Gasteiger partial charge on any atom is -0.298 e. The lowest BCUT2D eigenvalue weighted by Crippen LogP contribution is -2.22. The summed E-state index contributed by atoms with van der Waals surface area (Å²) in [6.45, 7) is 3.22. The number of nitrogens with zero attached hydrogens (tertiary/aromatic N) is 1. The third kappa shape index (κ3) is 3.16. The summed E-state index contributed by atoms with van der Waals surface area (Å²) in [7, 11) is 0. The molecule has 0 aliphatic carbocycles. The number of hydrogen-bond donors (Lipinski definition) is 0. The molecule has 2 nitrogen and oxygen atoms in total. The van der Waals surface area contributed by atoms with Crippen LogP contribution in [-0.2, 0) is 11.2 Å². The molecule has 3 heteroatoms. The van der Waals surface area contributed by atoms with E-state index < -0.39 is 5.41 Å². The van der Waals surface area contributed by atoms with Crippen molar-refractivity contribution < 1.29 is 9.18 Å². The van der Waals surface area contributed by atoms with Gasteiger partial charge in [-0.1, -0.05) is 12.1 Å². The first-order chi connectivity index (χ1) is 7.45. The van der Waals surface area contributed by atoms with E-state index in [1.165, 1.54) is 12.1 Å². The quantitative estimate of drug-likeness (QED) is 0.781. The molecule has 0 saturated carbocycles. The van der Waals surface area contributed by atoms with Gasteiger partial charge in [0.15, 0.2) is 5.78 Å². The molecule has 0 unspecified atom stereocenters. The molecule has 0 N–H and O–H groups in total. The lowest BCUT2D eigenvalue weighted by Gasteiger charge is -2.13. The minimum atomic E-state index is -0.931. The Morgan fingerprint density at radius 3 is 2.44 bits per heavy atom. The Balaban J connectivity index is 2.56. The summed E-state index contributed by atoms with van der Waals surface area (Å²) >= 11 is 0. The topological polar surface area (TPSA) is 40.9 Å². The number of benzene rings is 1. The highest BCUT2D eigenvalue weighted by atomic mass is 19.1. The number of ketones is 1. The van der Waals surface area contributed by atoms with Crippen LogP contribution in [0.1, 0.15) is 25.8 Å². The number of hydrogen-bond acceptors (Lipinski definition) is 2. The first-order valence-corrected chi connectivity index (χ1v) is 5.15. The van der Waals surface area contributed by atoms with Crippen molar-refractivity contribution in [1.29, 1.82) is 5.26 Å². The fourth-order valence-electron chi connectivity index (χ4n) is 1.28. The average molecular weight is 219 g/mol. The Bertz CT molecular complexity index is 415. The van der Waals surface area contributed by atoms with Crippen LogP contribution >= 0.6 is 0 Å². The third-order valence-electron chi connectivity index (χ3n) is 2.53. The SMILES string of the molecule is CC(C)(C#N)C(=O)CCc1ccc(F)cc1. The van der Waals surface area contributed by atoms with Gasteiger partial charge in [-0.2, -0.15) is 5.26 Å². The van der Waals surface area contributed by atoms with E-state index in [1.807, 2.05) is 6.07 Å². The second-order valence-electron chi connectivity index (χ2n) is 4.29. The third-order valence-corrected chi connectivity index (χ3v) is 2.53. The first-order valence-electron chi connectivity index (χ1n) is 5.15. The van der Waals surface area contributed by atoms with E-state index in [1.54, 1.807) is 26.0 Å². The molecule has 0 aromatic heterocycles. The van der Waals surface area contributed by atoms with Crippen LogP contribution in [0.2, 0.25) is 0 Å². The molecule has 0 saturated heterocycles. The zero-order valence-electron chi connectivity index (χ0n) is 9.46. The first kappa shape index (κ1) is 12.4. The van der Waals surface area contributed by atoms with Crippen LogP contribution in [0.4, 0.5) is 4.39 Å². The van der Waals surface area contributed by atoms with Crippen molar-refractivity contribution >= 4 is 5.78 Å². The molecule has 0 fully saturated rings. The van der Waals surface area contributed by atoms with Crippen molar-refractivity contribution in [3.05, 3.63) is 35.6 Å². The minimum absolute atomic E-state index is 0.0840. The number of Topliss-reactive ketones (excluding diaryl/α,β-unsaturated/α-hetero) is 1. The highest BCUT2D eigenvalue weighted by molar-refractivity contribution is 5.86. The van der Waals surface area contributed by atoms with Gasteiger partial charge in [0.25, 0.3) is 0 Å². The number of aryl methyl sites for hydroxylation is 1. The highest BCUT2D eigenvalue weighted by Gasteiger charge is 2.26. The molecule has 1 rings (SSSR count). The molecule has 1 aromatic rings. The zero-order chi connectivity index (χ0) is 12.2. The standard InChI is InChI=1S/C13H14FNO/c1-13(2,9-15)12(16)8-5-10-3-6-11(14)7-4-10/h3-4,6-7H,5,8H2,1-2H3. The van der Waals surface area contributed by atoms with Crippen LogP contribution in [0.3, 0.4) is 0 Å². The van der Waals surface area contributed by atoms with Crippen molar-refractivity contribution in [3.63, 3.8) is 0 Å². The lowest BCUT2D eigenvalue weighted by atomic mass is 9.87. The summed E-state index contributed by atoms with van der Waals surface area (Å²) in [6, 6.07) is 8.03. The van der Waals surface area contributed by atoms with Crippen LogP contribution in [0.15, 0.2) is 24.3 Å². The van der Waals surface area contributed by atoms with Gasteiger partial charge in [0.1, 0.15) is 11.2 Å². The number of nitriles is 1. The van der Waals surface area contributed by atoms with Gasteiger partial charge in [-0.05, 0) is 38.0 Å². The zero-order valence-corrected chi connectivity index (χ0v) is 9.46. The second-order valence-corrected chi connectivity index (χ2v) is 4.29. The van der Waals surface area contributed by atoms with Crippen LogP contribution in [0.25, 0.3) is 0 Å². The van der Waals surface area contributed by atoms with Gasteiger partial charge in [-0.3, -0.25) is 4.79 Å². The predicted octanol–water partition coefficient (Wildman–Crippen LogP) is 2.88. The van der Waals surface area contributed by atoms with Gasteiger partial charge >= 0.3 is 0 Å². The van der Waals surface area contributed by atoms with E-state index in [9.17, 15) is 9.18 Å². The number of halogens is 1. The van der Waals surface area contributed by atoms with Crippen molar-refractivity contribution in [2.45, 2.75) is 26.7 Å². The van der Waals surface area contributed by atoms with Crippen LogP contribution in [-0.4, -0.2) is 5.78 Å². The largest absolute Gasteiger partial charge is 0.298 e. The van der Waals surface area contributed by atoms with E-state index in [0.717, 1.165) is 5.56 Å². The Morgan fingerprint density at radius 2 is 1.94 bits per heavy atom. The van der Waals surface area contributed by atoms with Gasteiger partial charge in [-0.15, -0.1) is 0 Å². The maximum atomic E-state index is 12.6. The summed E-state index contributed by atoms with van der Waals surface area (Å²) in [5.74, 6) is -0.369. The van der Waals surface area contributed by atoms with E-state index in [4.69, 9.17) is 5.26 Å². The molecule has 0 aliphatic rings. The fourth-order valence-corrected chi connectivity index (χ4v) is 1.28. The molecular weight excluding hydrogens is 205 g/mol. The second kappa shape index (κ2) is 4.89. The van der Waals surface area contributed by atoms with Crippen LogP contribution in [0.5, 0.6) is 0 Å². The van der Waals surface area contributed by atoms with Crippen molar-refractivity contribution in [2.24, 2.45) is 5.41 Å². The molecule has 0 radical (unpaired) electrons. The molecule has 0 spiro atoms. The maximum absolute atomic E-state index is 12.6. The molecule has 84 valence electrons. The van der Waals surface area contributed by atoms with Gasteiger partial charge in [-0.25, -0.2) is 4.39 Å². The summed E-state index contributed by atoms with van der Waals surface area (Å²) in [4.78, 5) is 11.6. The summed E-state index contributed by atoms with van der Waals surface area (Å²) < 4.78 is 12.6. The van der Waals surface area contributed by atoms with Crippen molar-refractivity contribution in [1.82, 2.24) is 0 Å². The normalized spacial score (nSPS) is 10.9. The summed E-state index contributed by atoms with van der Waals surface area (Å²) in [5, 5.41) is 8.78. The van der Waals surface area contributed by atoms with E-state index >= 15 is 0 Å². The molecule has 16 heavy (non-hydrogen) atoms. The number of rotatable bonds is 4. The number of carbonyl (C=O) groups excluding carboxylic acids is 1.